The maximum atomic E-state index is 12.0. The van der Waals surface area contributed by atoms with Crippen LogP contribution in [0.1, 0.15) is 25.8 Å². The number of amides is 2. The zero-order chi connectivity index (χ0) is 15.0. The van der Waals surface area contributed by atoms with Crippen molar-refractivity contribution in [1.29, 1.82) is 0 Å². The number of hydrogen-bond acceptors (Lipinski definition) is 3. The van der Waals surface area contributed by atoms with Crippen molar-refractivity contribution in [2.75, 3.05) is 19.0 Å². The molecule has 0 saturated carbocycles. The van der Waals surface area contributed by atoms with Crippen LogP contribution in [-0.4, -0.2) is 30.9 Å². The molecule has 0 bridgehead atoms. The third-order valence-corrected chi connectivity index (χ3v) is 3.13. The number of anilines is 1. The van der Waals surface area contributed by atoms with E-state index in [9.17, 15) is 4.79 Å². The maximum Gasteiger partial charge on any atom is 0.319 e. The summed E-state index contributed by atoms with van der Waals surface area (Å²) in [7, 11) is 1.62. The summed E-state index contributed by atoms with van der Waals surface area (Å²) >= 11 is 0. The van der Waals surface area contributed by atoms with Crippen molar-refractivity contribution in [2.24, 2.45) is 5.92 Å². The molecule has 1 aromatic rings. The second kappa shape index (κ2) is 8.55. The van der Waals surface area contributed by atoms with Crippen LogP contribution in [0.15, 0.2) is 24.3 Å². The number of para-hydroxylation sites is 1. The van der Waals surface area contributed by atoms with Gasteiger partial charge < -0.3 is 20.5 Å². The number of urea groups is 1. The molecule has 1 aromatic carbocycles. The van der Waals surface area contributed by atoms with Gasteiger partial charge in [-0.2, -0.15) is 0 Å². The van der Waals surface area contributed by atoms with Crippen LogP contribution in [0.2, 0.25) is 0 Å². The topological polar surface area (TPSA) is 70.6 Å². The SMILES string of the molecule is COCc1ccccc1NC(=O)NC(CCO)C(C)C. The largest absolute Gasteiger partial charge is 0.396 e. The molecule has 0 heterocycles. The highest BCUT2D eigenvalue weighted by atomic mass is 16.5. The van der Waals surface area contributed by atoms with Crippen LogP contribution in [0.4, 0.5) is 10.5 Å². The van der Waals surface area contributed by atoms with Gasteiger partial charge in [0.25, 0.3) is 0 Å². The van der Waals surface area contributed by atoms with Gasteiger partial charge in [-0.15, -0.1) is 0 Å². The molecule has 2 amide bonds. The number of aliphatic hydroxyl groups is 1. The molecule has 5 nitrogen and oxygen atoms in total. The minimum absolute atomic E-state index is 0.0467. The van der Waals surface area contributed by atoms with Crippen LogP contribution in [0.5, 0.6) is 0 Å². The summed E-state index contributed by atoms with van der Waals surface area (Å²) in [6, 6.07) is 7.20. The molecule has 5 heteroatoms. The van der Waals surface area contributed by atoms with Crippen LogP contribution in [0.3, 0.4) is 0 Å². The van der Waals surface area contributed by atoms with Crippen LogP contribution >= 0.6 is 0 Å². The second-order valence-corrected chi connectivity index (χ2v) is 5.05. The number of benzene rings is 1. The van der Waals surface area contributed by atoms with Gasteiger partial charge in [-0.1, -0.05) is 32.0 Å². The van der Waals surface area contributed by atoms with E-state index in [2.05, 4.69) is 10.6 Å². The fraction of sp³-hybridized carbons (Fsp3) is 0.533. The Morgan fingerprint density at radius 2 is 2.05 bits per heavy atom. The molecule has 0 aliphatic rings. The first-order valence-corrected chi connectivity index (χ1v) is 6.83. The zero-order valence-electron chi connectivity index (χ0n) is 12.3. The molecule has 0 fully saturated rings. The van der Waals surface area contributed by atoms with E-state index in [0.29, 0.717) is 13.0 Å². The number of methoxy groups -OCH3 is 1. The minimum Gasteiger partial charge on any atom is -0.396 e. The van der Waals surface area contributed by atoms with Crippen molar-refractivity contribution >= 4 is 11.7 Å². The average Bonchev–Trinajstić information content (AvgIpc) is 2.40. The first-order valence-electron chi connectivity index (χ1n) is 6.83. The van der Waals surface area contributed by atoms with Gasteiger partial charge in [0, 0.05) is 31.0 Å². The smallest absolute Gasteiger partial charge is 0.319 e. The lowest BCUT2D eigenvalue weighted by Crippen LogP contribution is -2.41. The van der Waals surface area contributed by atoms with Crippen LogP contribution < -0.4 is 10.6 Å². The van der Waals surface area contributed by atoms with Crippen LogP contribution in [-0.2, 0) is 11.3 Å². The van der Waals surface area contributed by atoms with Crippen molar-refractivity contribution in [3.8, 4) is 0 Å². The van der Waals surface area contributed by atoms with Gasteiger partial charge in [0.2, 0.25) is 0 Å². The van der Waals surface area contributed by atoms with Crippen molar-refractivity contribution < 1.29 is 14.6 Å². The van der Waals surface area contributed by atoms with Crippen molar-refractivity contribution in [2.45, 2.75) is 32.9 Å². The molecule has 0 radical (unpaired) electrons. The highest BCUT2D eigenvalue weighted by Gasteiger charge is 2.16. The summed E-state index contributed by atoms with van der Waals surface area (Å²) in [6.07, 6.45) is 0.546. The highest BCUT2D eigenvalue weighted by Crippen LogP contribution is 2.16. The van der Waals surface area contributed by atoms with Gasteiger partial charge in [0.05, 0.1) is 6.61 Å². The molecule has 0 saturated heterocycles. The first kappa shape index (κ1) is 16.5. The number of carbonyl (C=O) groups excluding carboxylic acids is 1. The number of ether oxygens (including phenoxy) is 1. The molecule has 3 N–H and O–H groups in total. The molecule has 0 aromatic heterocycles. The van der Waals surface area contributed by atoms with Gasteiger partial charge in [-0.05, 0) is 18.4 Å². The Labute approximate surface area is 120 Å². The Kier molecular flexibility index (Phi) is 7.04. The molecular formula is C15H24N2O3. The van der Waals surface area contributed by atoms with E-state index in [4.69, 9.17) is 9.84 Å². The van der Waals surface area contributed by atoms with Crippen molar-refractivity contribution in [3.63, 3.8) is 0 Å². The molecule has 112 valence electrons. The number of aliphatic hydroxyl groups excluding tert-OH is 1. The fourth-order valence-corrected chi connectivity index (χ4v) is 1.96. The predicted octanol–water partition coefficient (Wildman–Crippen LogP) is 2.36. The van der Waals surface area contributed by atoms with Crippen molar-refractivity contribution in [3.05, 3.63) is 29.8 Å². The summed E-state index contributed by atoms with van der Waals surface area (Å²) in [6.45, 7) is 4.53. The zero-order valence-corrected chi connectivity index (χ0v) is 12.3. The third-order valence-electron chi connectivity index (χ3n) is 3.13. The normalized spacial score (nSPS) is 12.2. The Morgan fingerprint density at radius 3 is 2.65 bits per heavy atom. The molecular weight excluding hydrogens is 256 g/mol. The van der Waals surface area contributed by atoms with Gasteiger partial charge in [-0.3, -0.25) is 0 Å². The standard InChI is InChI=1S/C15H24N2O3/c1-11(2)13(8-9-18)16-15(19)17-14-7-5-4-6-12(14)10-20-3/h4-7,11,13,18H,8-10H2,1-3H3,(H2,16,17,19). The molecule has 1 atom stereocenters. The molecule has 1 rings (SSSR count). The van der Waals surface area contributed by atoms with Crippen molar-refractivity contribution in [1.82, 2.24) is 5.32 Å². The van der Waals surface area contributed by atoms with Gasteiger partial charge in [0.15, 0.2) is 0 Å². The fourth-order valence-electron chi connectivity index (χ4n) is 1.96. The minimum atomic E-state index is -0.263. The Bertz CT molecular complexity index is 421. The Hall–Kier alpha value is -1.59. The van der Waals surface area contributed by atoms with Gasteiger partial charge in [-0.25, -0.2) is 4.79 Å². The summed E-state index contributed by atoms with van der Waals surface area (Å²) in [5.74, 6) is 0.266. The average molecular weight is 280 g/mol. The van der Waals surface area contributed by atoms with E-state index in [1.807, 2.05) is 38.1 Å². The predicted molar refractivity (Wildman–Crippen MR) is 79.6 cm³/mol. The summed E-state index contributed by atoms with van der Waals surface area (Å²) in [5, 5.41) is 14.7. The second-order valence-electron chi connectivity index (χ2n) is 5.05. The van der Waals surface area contributed by atoms with Gasteiger partial charge in [0.1, 0.15) is 0 Å². The number of rotatable bonds is 7. The van der Waals surface area contributed by atoms with E-state index < -0.39 is 0 Å². The molecule has 20 heavy (non-hydrogen) atoms. The van der Waals surface area contributed by atoms with E-state index in [1.54, 1.807) is 7.11 Å². The van der Waals surface area contributed by atoms with E-state index in [0.717, 1.165) is 11.3 Å². The van der Waals surface area contributed by atoms with Crippen LogP contribution in [0, 0.1) is 5.92 Å². The summed E-state index contributed by atoms with van der Waals surface area (Å²) in [4.78, 5) is 12.0. The van der Waals surface area contributed by atoms with Gasteiger partial charge >= 0.3 is 6.03 Å². The van der Waals surface area contributed by atoms with Crippen LogP contribution in [0.25, 0.3) is 0 Å². The highest BCUT2D eigenvalue weighted by molar-refractivity contribution is 5.90. The molecule has 0 spiro atoms. The first-order chi connectivity index (χ1) is 9.58. The lowest BCUT2D eigenvalue weighted by Gasteiger charge is -2.22. The monoisotopic (exact) mass is 280 g/mol. The Balaban J connectivity index is 2.65. The molecule has 0 aliphatic heterocycles. The molecule has 1 unspecified atom stereocenters. The number of carbonyl (C=O) groups is 1. The summed E-state index contributed by atoms with van der Waals surface area (Å²) < 4.78 is 5.10. The summed E-state index contributed by atoms with van der Waals surface area (Å²) in [5.41, 5.74) is 1.66. The van der Waals surface area contributed by atoms with E-state index in [1.165, 1.54) is 0 Å². The number of nitrogens with one attached hydrogen (secondary N) is 2. The quantitative estimate of drug-likeness (QED) is 0.718. The number of hydrogen-bond donors (Lipinski definition) is 3. The Morgan fingerprint density at radius 1 is 1.35 bits per heavy atom. The lowest BCUT2D eigenvalue weighted by molar-refractivity contribution is 0.185. The van der Waals surface area contributed by atoms with E-state index in [-0.39, 0.29) is 24.6 Å². The lowest BCUT2D eigenvalue weighted by atomic mass is 10.0. The third kappa shape index (κ3) is 5.19. The maximum absolute atomic E-state index is 12.0. The molecule has 0 aliphatic carbocycles. The van der Waals surface area contributed by atoms with E-state index >= 15 is 0 Å².